The Morgan fingerprint density at radius 1 is 1.22 bits per heavy atom. The van der Waals surface area contributed by atoms with Crippen molar-refractivity contribution >= 4 is 17.6 Å². The Kier molecular flexibility index (Phi) is 8.35. The highest BCUT2D eigenvalue weighted by molar-refractivity contribution is 5.92. The number of anilines is 1. The minimum absolute atomic E-state index is 0.0227. The van der Waals surface area contributed by atoms with Gasteiger partial charge in [-0.05, 0) is 37.1 Å². The summed E-state index contributed by atoms with van der Waals surface area (Å²) in [7, 11) is 0. The van der Waals surface area contributed by atoms with Gasteiger partial charge in [0.2, 0.25) is 5.91 Å². The van der Waals surface area contributed by atoms with E-state index in [1.54, 1.807) is 6.20 Å². The van der Waals surface area contributed by atoms with Gasteiger partial charge in [-0.3, -0.25) is 9.48 Å². The molecule has 27 heavy (non-hydrogen) atoms. The summed E-state index contributed by atoms with van der Waals surface area (Å²) < 4.78 is 1.92. The van der Waals surface area contributed by atoms with Crippen molar-refractivity contribution in [3.05, 3.63) is 48.3 Å². The van der Waals surface area contributed by atoms with E-state index in [4.69, 9.17) is 0 Å². The molecule has 0 aliphatic carbocycles. The molecule has 0 bridgehead atoms. The highest BCUT2D eigenvalue weighted by atomic mass is 16.1. The lowest BCUT2D eigenvalue weighted by molar-refractivity contribution is -0.118. The molecule has 0 unspecified atom stereocenters. The summed E-state index contributed by atoms with van der Waals surface area (Å²) in [6.07, 6.45) is 4.72. The van der Waals surface area contributed by atoms with Crippen LogP contribution in [0.1, 0.15) is 32.8 Å². The van der Waals surface area contributed by atoms with Crippen LogP contribution in [0.5, 0.6) is 0 Å². The summed E-state index contributed by atoms with van der Waals surface area (Å²) in [5.41, 5.74) is 1.90. The van der Waals surface area contributed by atoms with Gasteiger partial charge in [0, 0.05) is 43.6 Å². The highest BCUT2D eigenvalue weighted by Gasteiger charge is 2.06. The van der Waals surface area contributed by atoms with E-state index in [1.807, 2.05) is 62.0 Å². The SMILES string of the molecule is CCNC(=NCc1ccc(NC(=O)C(C)C)cc1)NCCCn1cccn1. The van der Waals surface area contributed by atoms with Gasteiger partial charge in [0.25, 0.3) is 0 Å². The number of carbonyl (C=O) groups is 1. The standard InChI is InChI=1S/C20H30N6O/c1-4-21-20(22-11-5-13-26-14-6-12-24-26)23-15-17-7-9-18(10-8-17)25-19(27)16(2)3/h6-10,12,14,16H,4-5,11,13,15H2,1-3H3,(H,25,27)(H2,21,22,23). The first-order chi connectivity index (χ1) is 13.1. The quantitative estimate of drug-likeness (QED) is 0.360. The van der Waals surface area contributed by atoms with Crippen molar-refractivity contribution in [2.45, 2.75) is 40.3 Å². The molecule has 7 nitrogen and oxygen atoms in total. The lowest BCUT2D eigenvalue weighted by Gasteiger charge is -2.11. The minimum atomic E-state index is -0.0312. The average molecular weight is 371 g/mol. The van der Waals surface area contributed by atoms with Gasteiger partial charge in [-0.2, -0.15) is 5.10 Å². The largest absolute Gasteiger partial charge is 0.357 e. The molecule has 1 amide bonds. The third-order valence-electron chi connectivity index (χ3n) is 3.93. The van der Waals surface area contributed by atoms with Crippen LogP contribution in [-0.4, -0.2) is 34.7 Å². The molecule has 0 atom stereocenters. The van der Waals surface area contributed by atoms with Crippen LogP contribution in [0, 0.1) is 5.92 Å². The maximum Gasteiger partial charge on any atom is 0.226 e. The smallest absolute Gasteiger partial charge is 0.226 e. The number of guanidine groups is 1. The van der Waals surface area contributed by atoms with Crippen LogP contribution in [-0.2, 0) is 17.9 Å². The zero-order chi connectivity index (χ0) is 19.5. The van der Waals surface area contributed by atoms with Crippen LogP contribution in [0.15, 0.2) is 47.7 Å². The average Bonchev–Trinajstić information content (AvgIpc) is 3.17. The van der Waals surface area contributed by atoms with Crippen LogP contribution in [0.2, 0.25) is 0 Å². The second kappa shape index (κ2) is 11.0. The Morgan fingerprint density at radius 3 is 2.63 bits per heavy atom. The third kappa shape index (κ3) is 7.52. The Morgan fingerprint density at radius 2 is 2.00 bits per heavy atom. The van der Waals surface area contributed by atoms with Crippen molar-refractivity contribution in [3.8, 4) is 0 Å². The van der Waals surface area contributed by atoms with E-state index in [-0.39, 0.29) is 11.8 Å². The van der Waals surface area contributed by atoms with Gasteiger partial charge < -0.3 is 16.0 Å². The molecule has 1 aromatic heterocycles. The molecule has 7 heteroatoms. The summed E-state index contributed by atoms with van der Waals surface area (Å²) in [6, 6.07) is 9.73. The molecule has 1 heterocycles. The summed E-state index contributed by atoms with van der Waals surface area (Å²) in [6.45, 7) is 8.89. The molecule has 3 N–H and O–H groups in total. The predicted octanol–water partition coefficient (Wildman–Crippen LogP) is 2.62. The summed E-state index contributed by atoms with van der Waals surface area (Å²) >= 11 is 0. The zero-order valence-corrected chi connectivity index (χ0v) is 16.4. The fraction of sp³-hybridized carbons (Fsp3) is 0.450. The van der Waals surface area contributed by atoms with E-state index in [2.05, 4.69) is 26.0 Å². The van der Waals surface area contributed by atoms with Gasteiger partial charge in [0.1, 0.15) is 0 Å². The van der Waals surface area contributed by atoms with Gasteiger partial charge in [-0.15, -0.1) is 0 Å². The van der Waals surface area contributed by atoms with Crippen molar-refractivity contribution in [1.29, 1.82) is 0 Å². The monoisotopic (exact) mass is 370 g/mol. The Balaban J connectivity index is 1.81. The number of rotatable bonds is 9. The fourth-order valence-electron chi connectivity index (χ4n) is 2.37. The van der Waals surface area contributed by atoms with Crippen molar-refractivity contribution in [3.63, 3.8) is 0 Å². The number of amides is 1. The van der Waals surface area contributed by atoms with Crippen molar-refractivity contribution < 1.29 is 4.79 Å². The molecule has 2 aromatic rings. The van der Waals surface area contributed by atoms with Crippen LogP contribution in [0.25, 0.3) is 0 Å². The van der Waals surface area contributed by atoms with Gasteiger partial charge in [-0.25, -0.2) is 4.99 Å². The Labute approximate surface area is 161 Å². The van der Waals surface area contributed by atoms with Gasteiger partial charge in [-0.1, -0.05) is 26.0 Å². The highest BCUT2D eigenvalue weighted by Crippen LogP contribution is 2.11. The number of nitrogens with one attached hydrogen (secondary N) is 3. The van der Waals surface area contributed by atoms with E-state index < -0.39 is 0 Å². The molecule has 0 saturated carbocycles. The van der Waals surface area contributed by atoms with E-state index in [0.717, 1.165) is 43.3 Å². The third-order valence-corrected chi connectivity index (χ3v) is 3.93. The molecule has 0 aliphatic heterocycles. The predicted molar refractivity (Wildman–Crippen MR) is 110 cm³/mol. The first kappa shape index (κ1) is 20.5. The Bertz CT molecular complexity index is 707. The number of hydrogen-bond donors (Lipinski definition) is 3. The molecule has 0 spiro atoms. The van der Waals surface area contributed by atoms with Crippen LogP contribution in [0.4, 0.5) is 5.69 Å². The van der Waals surface area contributed by atoms with Gasteiger partial charge in [0.05, 0.1) is 6.54 Å². The first-order valence-electron chi connectivity index (χ1n) is 9.48. The second-order valence-corrected chi connectivity index (χ2v) is 6.59. The summed E-state index contributed by atoms with van der Waals surface area (Å²) in [4.78, 5) is 16.4. The molecule has 1 aromatic carbocycles. The topological polar surface area (TPSA) is 83.3 Å². The van der Waals surface area contributed by atoms with Crippen molar-refractivity contribution in [1.82, 2.24) is 20.4 Å². The number of aryl methyl sites for hydroxylation is 1. The molecular formula is C20H30N6O. The molecule has 146 valence electrons. The minimum Gasteiger partial charge on any atom is -0.357 e. The molecule has 0 radical (unpaired) electrons. The maximum atomic E-state index is 11.7. The number of hydrogen-bond acceptors (Lipinski definition) is 3. The lowest BCUT2D eigenvalue weighted by Crippen LogP contribution is -2.38. The van der Waals surface area contributed by atoms with Crippen LogP contribution in [0.3, 0.4) is 0 Å². The number of nitrogens with zero attached hydrogens (tertiary/aromatic N) is 3. The molecular weight excluding hydrogens is 340 g/mol. The van der Waals surface area contributed by atoms with E-state index in [1.165, 1.54) is 0 Å². The van der Waals surface area contributed by atoms with E-state index in [9.17, 15) is 4.79 Å². The number of carbonyl (C=O) groups excluding carboxylic acids is 1. The van der Waals surface area contributed by atoms with E-state index in [0.29, 0.717) is 6.54 Å². The lowest BCUT2D eigenvalue weighted by atomic mass is 10.2. The number of benzene rings is 1. The molecule has 0 fully saturated rings. The number of aromatic nitrogens is 2. The van der Waals surface area contributed by atoms with Crippen LogP contribution < -0.4 is 16.0 Å². The molecule has 0 saturated heterocycles. The van der Waals surface area contributed by atoms with Gasteiger partial charge >= 0.3 is 0 Å². The second-order valence-electron chi connectivity index (χ2n) is 6.59. The summed E-state index contributed by atoms with van der Waals surface area (Å²) in [5, 5.41) is 13.7. The van der Waals surface area contributed by atoms with E-state index >= 15 is 0 Å². The van der Waals surface area contributed by atoms with Crippen molar-refractivity contribution in [2.75, 3.05) is 18.4 Å². The molecule has 2 rings (SSSR count). The first-order valence-corrected chi connectivity index (χ1v) is 9.48. The maximum absolute atomic E-state index is 11.7. The summed E-state index contributed by atoms with van der Waals surface area (Å²) in [5.74, 6) is 0.793. The molecule has 0 aliphatic rings. The number of aliphatic imine (C=N–C) groups is 1. The fourth-order valence-corrected chi connectivity index (χ4v) is 2.37. The van der Waals surface area contributed by atoms with Crippen LogP contribution >= 0.6 is 0 Å². The normalized spacial score (nSPS) is 11.5. The van der Waals surface area contributed by atoms with Gasteiger partial charge in [0.15, 0.2) is 5.96 Å². The Hall–Kier alpha value is -2.83. The van der Waals surface area contributed by atoms with Crippen molar-refractivity contribution in [2.24, 2.45) is 10.9 Å². The zero-order valence-electron chi connectivity index (χ0n) is 16.4.